The molecule has 0 aromatic heterocycles. The molecule has 3 aliphatic heterocycles. The monoisotopic (exact) mass is 184 g/mol. The fraction of sp³-hybridized carbons (Fsp3) is 1.00. The van der Waals surface area contributed by atoms with Gasteiger partial charge < -0.3 is 14.6 Å². The van der Waals surface area contributed by atoms with Crippen molar-refractivity contribution < 1.29 is 14.6 Å². The van der Waals surface area contributed by atoms with Crippen molar-refractivity contribution in [3.05, 3.63) is 0 Å². The highest BCUT2D eigenvalue weighted by Gasteiger charge is 2.56. The van der Waals surface area contributed by atoms with Gasteiger partial charge in [-0.05, 0) is 25.7 Å². The summed E-state index contributed by atoms with van der Waals surface area (Å²) in [6, 6.07) is 0. The first-order chi connectivity index (χ1) is 6.18. The third-order valence-corrected chi connectivity index (χ3v) is 4.01. The number of aliphatic hydroxyl groups is 1. The summed E-state index contributed by atoms with van der Waals surface area (Å²) < 4.78 is 11.1. The van der Waals surface area contributed by atoms with Gasteiger partial charge in [-0.15, -0.1) is 0 Å². The highest BCUT2D eigenvalue weighted by molar-refractivity contribution is 5.02. The van der Waals surface area contributed by atoms with Gasteiger partial charge in [-0.3, -0.25) is 0 Å². The maximum atomic E-state index is 10.2. The second-order valence-corrected chi connectivity index (χ2v) is 4.88. The molecule has 3 atom stereocenters. The van der Waals surface area contributed by atoms with E-state index in [-0.39, 0.29) is 12.2 Å². The molecule has 0 unspecified atom stereocenters. The Balaban J connectivity index is 1.93. The van der Waals surface area contributed by atoms with Crippen molar-refractivity contribution in [2.75, 3.05) is 13.2 Å². The molecule has 3 nitrogen and oxygen atoms in total. The highest BCUT2D eigenvalue weighted by atomic mass is 16.7. The van der Waals surface area contributed by atoms with Crippen LogP contribution in [0.5, 0.6) is 0 Å². The van der Waals surface area contributed by atoms with Crippen molar-refractivity contribution in [2.24, 2.45) is 17.8 Å². The first-order valence-corrected chi connectivity index (χ1v) is 5.14. The predicted molar refractivity (Wildman–Crippen MR) is 46.0 cm³/mol. The summed E-state index contributed by atoms with van der Waals surface area (Å²) in [4.78, 5) is 0. The van der Waals surface area contributed by atoms with E-state index < -0.39 is 5.60 Å². The van der Waals surface area contributed by atoms with Crippen LogP contribution in [0, 0.1) is 17.8 Å². The molecule has 4 aliphatic rings. The predicted octanol–water partition coefficient (Wildman–Crippen LogP) is 0.766. The Morgan fingerprint density at radius 3 is 2.62 bits per heavy atom. The zero-order valence-electron chi connectivity index (χ0n) is 7.90. The molecular formula is C10H16O3. The van der Waals surface area contributed by atoms with E-state index in [1.54, 1.807) is 0 Å². The Morgan fingerprint density at radius 1 is 1.31 bits per heavy atom. The Kier molecular flexibility index (Phi) is 1.56. The average Bonchev–Trinajstić information content (AvgIpc) is 2.47. The van der Waals surface area contributed by atoms with E-state index in [1.165, 1.54) is 0 Å². The van der Waals surface area contributed by atoms with Gasteiger partial charge in [0.2, 0.25) is 0 Å². The maximum Gasteiger partial charge on any atom is 0.163 e. The van der Waals surface area contributed by atoms with Crippen molar-refractivity contribution in [3.8, 4) is 0 Å². The summed E-state index contributed by atoms with van der Waals surface area (Å²) in [7, 11) is 0. The average molecular weight is 184 g/mol. The maximum absolute atomic E-state index is 10.2. The Labute approximate surface area is 78.0 Å². The molecule has 1 N–H and O–H groups in total. The number of rotatable bonds is 0. The fourth-order valence-electron chi connectivity index (χ4n) is 3.28. The molecule has 4 rings (SSSR count). The molecule has 74 valence electrons. The van der Waals surface area contributed by atoms with Gasteiger partial charge in [-0.1, -0.05) is 0 Å². The number of fused-ring (bicyclic) bond motifs is 2. The minimum absolute atomic E-state index is 0.132. The van der Waals surface area contributed by atoms with Crippen LogP contribution in [-0.2, 0) is 9.47 Å². The summed E-state index contributed by atoms with van der Waals surface area (Å²) in [5.74, 6) is 1.39. The summed E-state index contributed by atoms with van der Waals surface area (Å²) in [6.45, 7) is 3.59. The van der Waals surface area contributed by atoms with Crippen LogP contribution in [0.15, 0.2) is 0 Å². The van der Waals surface area contributed by atoms with Crippen LogP contribution < -0.4 is 0 Å². The van der Waals surface area contributed by atoms with Crippen LogP contribution in [0.3, 0.4) is 0 Å². The van der Waals surface area contributed by atoms with Gasteiger partial charge in [-0.2, -0.15) is 0 Å². The van der Waals surface area contributed by atoms with E-state index in [4.69, 9.17) is 9.47 Å². The summed E-state index contributed by atoms with van der Waals surface area (Å²) in [6.07, 6.45) is 1.92. The van der Waals surface area contributed by atoms with Crippen LogP contribution in [0.25, 0.3) is 0 Å². The standard InChI is InChI=1S/C10H16O3/c1-10(11)3-2-7-6-4-12-9(8(7)10)13-5-6/h6-9,11H,2-5H2,1H3/t6?,7-,8-,9?,10+/m1/s1. The molecule has 1 saturated carbocycles. The number of hydrogen-bond acceptors (Lipinski definition) is 3. The second-order valence-electron chi connectivity index (χ2n) is 4.88. The summed E-state index contributed by atoms with van der Waals surface area (Å²) in [5.41, 5.74) is -0.561. The van der Waals surface area contributed by atoms with Crippen molar-refractivity contribution in [3.63, 3.8) is 0 Å². The third-order valence-electron chi connectivity index (χ3n) is 4.01. The lowest BCUT2D eigenvalue weighted by Gasteiger charge is -2.48. The van der Waals surface area contributed by atoms with Crippen molar-refractivity contribution >= 4 is 0 Å². The summed E-state index contributed by atoms with van der Waals surface area (Å²) >= 11 is 0. The van der Waals surface area contributed by atoms with E-state index in [0.717, 1.165) is 26.1 Å². The molecule has 3 heteroatoms. The molecule has 0 spiro atoms. The van der Waals surface area contributed by atoms with E-state index in [0.29, 0.717) is 11.8 Å². The van der Waals surface area contributed by atoms with Crippen molar-refractivity contribution in [1.29, 1.82) is 0 Å². The minimum atomic E-state index is -0.561. The second kappa shape index (κ2) is 2.47. The lowest BCUT2D eigenvalue weighted by Crippen LogP contribution is -2.55. The van der Waals surface area contributed by atoms with Crippen LogP contribution in [0.1, 0.15) is 19.8 Å². The first-order valence-electron chi connectivity index (χ1n) is 5.14. The highest BCUT2D eigenvalue weighted by Crippen LogP contribution is 2.51. The topological polar surface area (TPSA) is 38.7 Å². The van der Waals surface area contributed by atoms with Gasteiger partial charge in [-0.25, -0.2) is 0 Å². The summed E-state index contributed by atoms with van der Waals surface area (Å²) in [5, 5.41) is 10.2. The first kappa shape index (κ1) is 8.21. The molecule has 1 aliphatic carbocycles. The van der Waals surface area contributed by atoms with Crippen LogP contribution in [0.4, 0.5) is 0 Å². The molecule has 13 heavy (non-hydrogen) atoms. The van der Waals surface area contributed by atoms with Gasteiger partial charge in [0.1, 0.15) is 0 Å². The molecule has 2 bridgehead atoms. The van der Waals surface area contributed by atoms with Crippen LogP contribution >= 0.6 is 0 Å². The lowest BCUT2D eigenvalue weighted by molar-refractivity contribution is -0.299. The molecule has 3 heterocycles. The van der Waals surface area contributed by atoms with Gasteiger partial charge in [0.15, 0.2) is 6.29 Å². The van der Waals surface area contributed by atoms with E-state index >= 15 is 0 Å². The van der Waals surface area contributed by atoms with Gasteiger partial charge in [0.05, 0.1) is 18.8 Å². The Morgan fingerprint density at radius 2 is 2.00 bits per heavy atom. The molecular weight excluding hydrogens is 168 g/mol. The number of ether oxygens (including phenoxy) is 2. The van der Waals surface area contributed by atoms with Gasteiger partial charge in [0.25, 0.3) is 0 Å². The van der Waals surface area contributed by atoms with Gasteiger partial charge >= 0.3 is 0 Å². The van der Waals surface area contributed by atoms with E-state index in [2.05, 4.69) is 0 Å². The molecule has 0 amide bonds. The smallest absolute Gasteiger partial charge is 0.163 e. The molecule has 0 aromatic rings. The zero-order valence-corrected chi connectivity index (χ0v) is 7.90. The largest absolute Gasteiger partial charge is 0.390 e. The lowest BCUT2D eigenvalue weighted by atomic mass is 9.76. The molecule has 0 radical (unpaired) electrons. The van der Waals surface area contributed by atoms with E-state index in [1.807, 2.05) is 6.92 Å². The molecule has 0 aromatic carbocycles. The minimum Gasteiger partial charge on any atom is -0.390 e. The molecule has 3 saturated heterocycles. The Bertz CT molecular complexity index is 218. The quantitative estimate of drug-likeness (QED) is 0.604. The van der Waals surface area contributed by atoms with E-state index in [9.17, 15) is 5.11 Å². The zero-order chi connectivity index (χ0) is 9.05. The SMILES string of the molecule is C[C@]1(O)CC[C@@H]2C3COC(OC3)[C@@H]21. The van der Waals surface area contributed by atoms with Crippen LogP contribution in [0.2, 0.25) is 0 Å². The van der Waals surface area contributed by atoms with Gasteiger partial charge in [0, 0.05) is 11.8 Å². The normalized spacial score (nSPS) is 59.5. The van der Waals surface area contributed by atoms with Crippen LogP contribution in [-0.4, -0.2) is 30.2 Å². The third kappa shape index (κ3) is 1.01. The van der Waals surface area contributed by atoms with Crippen molar-refractivity contribution in [1.82, 2.24) is 0 Å². The van der Waals surface area contributed by atoms with Crippen molar-refractivity contribution in [2.45, 2.75) is 31.7 Å². The fourth-order valence-corrected chi connectivity index (χ4v) is 3.28. The molecule has 4 fully saturated rings. The number of hydrogen-bond donors (Lipinski definition) is 1. The Hall–Kier alpha value is -0.120.